The Morgan fingerprint density at radius 1 is 1.31 bits per heavy atom. The molecule has 4 heterocycles. The fraction of sp³-hybridized carbons (Fsp3) is 0.591. The summed E-state index contributed by atoms with van der Waals surface area (Å²) in [7, 11) is 0. The minimum atomic E-state index is -0.0274. The fourth-order valence-corrected chi connectivity index (χ4v) is 4.35. The number of amides is 1. The number of pyridine rings is 1. The molecule has 2 aromatic heterocycles. The average Bonchev–Trinajstić information content (AvgIpc) is 3.11. The number of carbonyl (C=O) groups is 1. The van der Waals surface area contributed by atoms with Crippen molar-refractivity contribution in [2.24, 2.45) is 5.92 Å². The van der Waals surface area contributed by atoms with Crippen molar-refractivity contribution in [2.45, 2.75) is 52.8 Å². The van der Waals surface area contributed by atoms with Crippen molar-refractivity contribution in [1.29, 1.82) is 0 Å². The van der Waals surface area contributed by atoms with Crippen molar-refractivity contribution >= 4 is 5.91 Å². The van der Waals surface area contributed by atoms with Gasteiger partial charge in [0.15, 0.2) is 0 Å². The third-order valence-corrected chi connectivity index (χ3v) is 6.05. The Morgan fingerprint density at radius 2 is 2.14 bits per heavy atom. The molecule has 0 unspecified atom stereocenters. The lowest BCUT2D eigenvalue weighted by atomic mass is 9.96. The fourth-order valence-electron chi connectivity index (χ4n) is 4.35. The Hall–Kier alpha value is -2.25. The van der Waals surface area contributed by atoms with Gasteiger partial charge < -0.3 is 10.1 Å². The van der Waals surface area contributed by atoms with Crippen LogP contribution in [0.25, 0.3) is 0 Å². The molecule has 0 atom stereocenters. The molecule has 0 aliphatic carbocycles. The third-order valence-electron chi connectivity index (χ3n) is 6.05. The number of ether oxygens (including phenoxy) is 1. The number of hydrogen-bond acceptors (Lipinski definition) is 5. The number of hydrogen-bond donors (Lipinski definition) is 1. The maximum Gasteiger partial charge on any atom is 0.252 e. The van der Waals surface area contributed by atoms with Gasteiger partial charge in [0.05, 0.1) is 24.5 Å². The van der Waals surface area contributed by atoms with Crippen LogP contribution in [0.5, 0.6) is 0 Å². The Bertz CT molecular complexity index is 855. The van der Waals surface area contributed by atoms with E-state index in [2.05, 4.69) is 26.8 Å². The van der Waals surface area contributed by atoms with Gasteiger partial charge in [0.1, 0.15) is 0 Å². The summed E-state index contributed by atoms with van der Waals surface area (Å²) in [5, 5.41) is 7.94. The van der Waals surface area contributed by atoms with Crippen LogP contribution in [-0.4, -0.2) is 51.8 Å². The molecule has 0 aromatic carbocycles. The normalized spacial score (nSPS) is 17.9. The Morgan fingerprint density at radius 3 is 2.90 bits per heavy atom. The molecule has 156 valence electrons. The maximum atomic E-state index is 12.3. The van der Waals surface area contributed by atoms with E-state index in [1.165, 1.54) is 17.0 Å². The van der Waals surface area contributed by atoms with E-state index in [1.54, 1.807) is 12.4 Å². The molecule has 1 amide bonds. The predicted octanol–water partition coefficient (Wildman–Crippen LogP) is 2.32. The first-order valence-corrected chi connectivity index (χ1v) is 10.7. The van der Waals surface area contributed by atoms with Gasteiger partial charge in [-0.25, -0.2) is 0 Å². The zero-order chi connectivity index (χ0) is 20.2. The van der Waals surface area contributed by atoms with Crippen LogP contribution in [-0.2, 0) is 30.9 Å². The monoisotopic (exact) mass is 397 g/mol. The maximum absolute atomic E-state index is 12.3. The van der Waals surface area contributed by atoms with E-state index in [4.69, 9.17) is 9.84 Å². The van der Waals surface area contributed by atoms with Crippen LogP contribution in [0, 0.1) is 12.8 Å². The summed E-state index contributed by atoms with van der Waals surface area (Å²) in [5.41, 5.74) is 5.49. The summed E-state index contributed by atoms with van der Waals surface area (Å²) in [6, 6.07) is 1.88. The number of fused-ring (bicyclic) bond motifs is 1. The summed E-state index contributed by atoms with van der Waals surface area (Å²) in [4.78, 5) is 18.9. The molecule has 2 aliphatic heterocycles. The first-order chi connectivity index (χ1) is 14.1. The summed E-state index contributed by atoms with van der Waals surface area (Å²) in [6.07, 6.45) is 6.55. The molecule has 0 spiro atoms. The van der Waals surface area contributed by atoms with Gasteiger partial charge in [0.25, 0.3) is 5.91 Å². The van der Waals surface area contributed by atoms with Gasteiger partial charge in [-0.3, -0.25) is 19.4 Å². The van der Waals surface area contributed by atoms with E-state index in [1.807, 2.05) is 13.0 Å². The molecule has 7 heteroatoms. The second kappa shape index (κ2) is 9.05. The molecule has 0 radical (unpaired) electrons. The van der Waals surface area contributed by atoms with Crippen LogP contribution < -0.4 is 5.32 Å². The first-order valence-electron chi connectivity index (χ1n) is 10.7. The van der Waals surface area contributed by atoms with Crippen LogP contribution in [0.1, 0.15) is 52.6 Å². The number of likely N-dealkylation sites (tertiary alicyclic amines) is 1. The molecule has 2 aliphatic rings. The summed E-state index contributed by atoms with van der Waals surface area (Å²) < 4.78 is 7.83. The first kappa shape index (κ1) is 20.0. The molecule has 2 aromatic rings. The van der Waals surface area contributed by atoms with E-state index >= 15 is 0 Å². The highest BCUT2D eigenvalue weighted by Gasteiger charge is 2.25. The number of piperidine rings is 1. The Kier molecular flexibility index (Phi) is 6.25. The van der Waals surface area contributed by atoms with Crippen LogP contribution >= 0.6 is 0 Å². The van der Waals surface area contributed by atoms with Crippen molar-refractivity contribution < 1.29 is 9.53 Å². The molecule has 4 rings (SSSR count). The lowest BCUT2D eigenvalue weighted by Gasteiger charge is -2.31. The Balaban J connectivity index is 1.27. The zero-order valence-electron chi connectivity index (χ0n) is 17.5. The summed E-state index contributed by atoms with van der Waals surface area (Å²) in [5.74, 6) is 0.499. The minimum Gasteiger partial charge on any atom is -0.376 e. The number of nitrogens with zero attached hydrogens (tertiary/aromatic N) is 4. The number of aromatic nitrogens is 3. The van der Waals surface area contributed by atoms with Gasteiger partial charge >= 0.3 is 0 Å². The second-order valence-corrected chi connectivity index (χ2v) is 8.17. The highest BCUT2D eigenvalue weighted by molar-refractivity contribution is 5.93. The zero-order valence-corrected chi connectivity index (χ0v) is 17.5. The molecule has 0 bridgehead atoms. The standard InChI is InChI=1S/C22H31N5O2/c1-3-27-21-6-9-29-15-19(21)20(25-27)14-26-7-4-17(5-8-26)12-24-22(28)18-10-16(2)11-23-13-18/h10-11,13,17H,3-9,12,14-15H2,1-2H3,(H,24,28). The average molecular weight is 398 g/mol. The van der Waals surface area contributed by atoms with E-state index in [0.29, 0.717) is 18.1 Å². The lowest BCUT2D eigenvalue weighted by molar-refractivity contribution is 0.0934. The molecular formula is C22H31N5O2. The largest absolute Gasteiger partial charge is 0.376 e. The molecule has 1 N–H and O–H groups in total. The smallest absolute Gasteiger partial charge is 0.252 e. The molecular weight excluding hydrogens is 366 g/mol. The topological polar surface area (TPSA) is 72.3 Å². The molecule has 0 saturated carbocycles. The van der Waals surface area contributed by atoms with Crippen LogP contribution in [0.4, 0.5) is 0 Å². The Labute approximate surface area is 172 Å². The van der Waals surface area contributed by atoms with Gasteiger partial charge in [0.2, 0.25) is 0 Å². The van der Waals surface area contributed by atoms with Crippen molar-refractivity contribution in [2.75, 3.05) is 26.2 Å². The minimum absolute atomic E-state index is 0.0274. The van der Waals surface area contributed by atoms with Crippen LogP contribution in [0.15, 0.2) is 18.5 Å². The van der Waals surface area contributed by atoms with E-state index < -0.39 is 0 Å². The molecule has 1 fully saturated rings. The SMILES string of the molecule is CCn1nc(CN2CCC(CNC(=O)c3cncc(C)c3)CC2)c2c1CCOC2. The number of aryl methyl sites for hydroxylation is 2. The van der Waals surface area contributed by atoms with E-state index in [-0.39, 0.29) is 5.91 Å². The lowest BCUT2D eigenvalue weighted by Crippen LogP contribution is -2.38. The summed E-state index contributed by atoms with van der Waals surface area (Å²) in [6.45, 7) is 10.2. The van der Waals surface area contributed by atoms with Gasteiger partial charge in [-0.2, -0.15) is 5.10 Å². The van der Waals surface area contributed by atoms with Crippen LogP contribution in [0.3, 0.4) is 0 Å². The number of nitrogens with one attached hydrogen (secondary N) is 1. The highest BCUT2D eigenvalue weighted by atomic mass is 16.5. The predicted molar refractivity (Wildman–Crippen MR) is 111 cm³/mol. The van der Waals surface area contributed by atoms with Gasteiger partial charge in [-0.15, -0.1) is 0 Å². The van der Waals surface area contributed by atoms with Crippen molar-refractivity contribution in [1.82, 2.24) is 25.0 Å². The third kappa shape index (κ3) is 4.67. The molecule has 7 nitrogen and oxygen atoms in total. The van der Waals surface area contributed by atoms with Crippen molar-refractivity contribution in [3.05, 3.63) is 46.5 Å². The van der Waals surface area contributed by atoms with E-state index in [0.717, 1.165) is 64.2 Å². The highest BCUT2D eigenvalue weighted by Crippen LogP contribution is 2.24. The van der Waals surface area contributed by atoms with Gasteiger partial charge in [0, 0.05) is 49.7 Å². The molecule has 1 saturated heterocycles. The van der Waals surface area contributed by atoms with Gasteiger partial charge in [-0.05, 0) is 57.3 Å². The quantitative estimate of drug-likeness (QED) is 0.810. The van der Waals surface area contributed by atoms with Crippen molar-refractivity contribution in [3.8, 4) is 0 Å². The van der Waals surface area contributed by atoms with Crippen LogP contribution in [0.2, 0.25) is 0 Å². The second-order valence-electron chi connectivity index (χ2n) is 8.17. The summed E-state index contributed by atoms with van der Waals surface area (Å²) >= 11 is 0. The van der Waals surface area contributed by atoms with Crippen molar-refractivity contribution in [3.63, 3.8) is 0 Å². The number of rotatable bonds is 6. The number of carbonyl (C=O) groups excluding carboxylic acids is 1. The van der Waals surface area contributed by atoms with E-state index in [9.17, 15) is 4.79 Å². The van der Waals surface area contributed by atoms with Gasteiger partial charge in [-0.1, -0.05) is 0 Å². The molecule has 29 heavy (non-hydrogen) atoms.